The highest BCUT2D eigenvalue weighted by atomic mass is 32.2. The van der Waals surface area contributed by atoms with Gasteiger partial charge in [0.15, 0.2) is 0 Å². The van der Waals surface area contributed by atoms with Crippen molar-refractivity contribution in [3.05, 3.63) is 18.3 Å². The minimum Gasteiger partial charge on any atom is -0.355 e. The second kappa shape index (κ2) is 8.01. The summed E-state index contributed by atoms with van der Waals surface area (Å²) in [5.74, 6) is 0.853. The molecule has 1 fully saturated rings. The van der Waals surface area contributed by atoms with Crippen LogP contribution in [-0.2, 0) is 10.0 Å². The number of sulfonamides is 1. The van der Waals surface area contributed by atoms with E-state index >= 15 is 0 Å². The van der Waals surface area contributed by atoms with Crippen molar-refractivity contribution in [1.82, 2.24) is 14.2 Å². The molecule has 2 rings (SSSR count). The van der Waals surface area contributed by atoms with Crippen molar-refractivity contribution in [2.75, 3.05) is 32.1 Å². The summed E-state index contributed by atoms with van der Waals surface area (Å²) < 4.78 is 27.4. The highest BCUT2D eigenvalue weighted by molar-refractivity contribution is 7.89. The summed E-state index contributed by atoms with van der Waals surface area (Å²) in [6, 6.07) is 3.86. The van der Waals surface area contributed by atoms with Crippen molar-refractivity contribution >= 4 is 15.8 Å². The molecule has 0 aliphatic carbocycles. The Kier molecular flexibility index (Phi) is 6.45. The van der Waals surface area contributed by atoms with Crippen LogP contribution in [0.15, 0.2) is 23.2 Å². The van der Waals surface area contributed by atoms with Gasteiger partial charge in [-0.15, -0.1) is 0 Å². The van der Waals surface area contributed by atoms with Gasteiger partial charge in [-0.2, -0.15) is 4.31 Å². The van der Waals surface area contributed by atoms with E-state index in [4.69, 9.17) is 0 Å². The van der Waals surface area contributed by atoms with Gasteiger partial charge in [-0.3, -0.25) is 0 Å². The van der Waals surface area contributed by atoms with Gasteiger partial charge in [0.25, 0.3) is 0 Å². The molecule has 0 N–H and O–H groups in total. The average molecular weight is 369 g/mol. The molecule has 25 heavy (non-hydrogen) atoms. The SMILES string of the molecule is CC(C)N(C(C)C)S(=O)(=O)c1ccc(N2CCCC(N(C)C)C2)nc1. The largest absolute Gasteiger partial charge is 0.355 e. The third-order valence-electron chi connectivity index (χ3n) is 4.76. The van der Waals surface area contributed by atoms with Crippen LogP contribution < -0.4 is 4.90 Å². The Morgan fingerprint density at radius 2 is 1.80 bits per heavy atom. The Balaban J connectivity index is 2.22. The molecule has 1 aliphatic heterocycles. The standard InChI is InChI=1S/C18H32N4O2S/c1-14(2)22(15(3)4)25(23,24)17-9-10-18(19-12-17)21-11-7-8-16(13-21)20(5)6/h9-10,12,14-16H,7-8,11,13H2,1-6H3. The second-order valence-corrected chi connectivity index (χ2v) is 9.42. The molecule has 1 saturated heterocycles. The van der Waals surface area contributed by atoms with Crippen molar-refractivity contribution in [3.63, 3.8) is 0 Å². The van der Waals surface area contributed by atoms with Gasteiger partial charge in [0, 0.05) is 37.4 Å². The lowest BCUT2D eigenvalue weighted by atomic mass is 10.1. The third-order valence-corrected chi connectivity index (χ3v) is 7.00. The van der Waals surface area contributed by atoms with Crippen LogP contribution in [0.2, 0.25) is 0 Å². The van der Waals surface area contributed by atoms with Crippen molar-refractivity contribution < 1.29 is 8.42 Å². The maximum Gasteiger partial charge on any atom is 0.245 e. The van der Waals surface area contributed by atoms with Crippen LogP contribution in [0, 0.1) is 0 Å². The number of hydrogen-bond acceptors (Lipinski definition) is 5. The molecule has 1 atom stereocenters. The number of pyridine rings is 1. The summed E-state index contributed by atoms with van der Waals surface area (Å²) >= 11 is 0. The van der Waals surface area contributed by atoms with E-state index in [-0.39, 0.29) is 17.0 Å². The molecule has 0 aromatic carbocycles. The van der Waals surface area contributed by atoms with Crippen LogP contribution in [-0.4, -0.2) is 67.9 Å². The minimum atomic E-state index is -3.53. The maximum atomic E-state index is 12.9. The molecule has 6 nitrogen and oxygen atoms in total. The molecular weight excluding hydrogens is 336 g/mol. The quantitative estimate of drug-likeness (QED) is 0.772. The molecule has 7 heteroatoms. The molecule has 1 unspecified atom stereocenters. The van der Waals surface area contributed by atoms with Gasteiger partial charge < -0.3 is 9.80 Å². The van der Waals surface area contributed by atoms with Crippen LogP contribution in [0.5, 0.6) is 0 Å². The summed E-state index contributed by atoms with van der Waals surface area (Å²) in [5, 5.41) is 0. The molecule has 1 aromatic heterocycles. The molecule has 0 radical (unpaired) electrons. The zero-order chi connectivity index (χ0) is 18.8. The zero-order valence-electron chi connectivity index (χ0n) is 16.3. The molecule has 0 spiro atoms. The Hall–Kier alpha value is -1.18. The van der Waals surface area contributed by atoms with E-state index in [2.05, 4.69) is 28.9 Å². The lowest BCUT2D eigenvalue weighted by molar-refractivity contribution is 0.257. The topological polar surface area (TPSA) is 56.8 Å². The van der Waals surface area contributed by atoms with E-state index in [1.165, 1.54) is 16.9 Å². The van der Waals surface area contributed by atoms with Crippen molar-refractivity contribution in [1.29, 1.82) is 0 Å². The lowest BCUT2D eigenvalue weighted by Gasteiger charge is -2.36. The van der Waals surface area contributed by atoms with Crippen LogP contribution in [0.1, 0.15) is 40.5 Å². The Labute approximate surface area is 152 Å². The smallest absolute Gasteiger partial charge is 0.245 e. The number of piperidine rings is 1. The van der Waals surface area contributed by atoms with E-state index in [0.29, 0.717) is 6.04 Å². The molecule has 0 saturated carbocycles. The second-order valence-electron chi connectivity index (χ2n) is 7.58. The number of anilines is 1. The van der Waals surface area contributed by atoms with Crippen LogP contribution in [0.3, 0.4) is 0 Å². The summed E-state index contributed by atoms with van der Waals surface area (Å²) in [6.45, 7) is 9.48. The lowest BCUT2D eigenvalue weighted by Crippen LogP contribution is -2.45. The summed E-state index contributed by atoms with van der Waals surface area (Å²) in [5.41, 5.74) is 0. The molecule has 1 aliphatic rings. The van der Waals surface area contributed by atoms with Gasteiger partial charge in [-0.25, -0.2) is 13.4 Å². The van der Waals surface area contributed by atoms with Gasteiger partial charge in [0.2, 0.25) is 10.0 Å². The number of nitrogens with zero attached hydrogens (tertiary/aromatic N) is 4. The normalized spacial score (nSPS) is 19.4. The van der Waals surface area contributed by atoms with Crippen molar-refractivity contribution in [3.8, 4) is 0 Å². The number of aromatic nitrogens is 1. The fraction of sp³-hybridized carbons (Fsp3) is 0.722. The number of hydrogen-bond donors (Lipinski definition) is 0. The van der Waals surface area contributed by atoms with E-state index in [9.17, 15) is 8.42 Å². The van der Waals surface area contributed by atoms with Crippen LogP contribution in [0.25, 0.3) is 0 Å². The first-order valence-electron chi connectivity index (χ1n) is 9.05. The Morgan fingerprint density at radius 3 is 2.28 bits per heavy atom. The first-order valence-corrected chi connectivity index (χ1v) is 10.5. The Bertz CT molecular complexity index is 648. The fourth-order valence-corrected chi connectivity index (χ4v) is 5.35. The first-order chi connectivity index (χ1) is 11.6. The molecule has 0 bridgehead atoms. The van der Waals surface area contributed by atoms with Gasteiger partial charge in [0.05, 0.1) is 0 Å². The maximum absolute atomic E-state index is 12.9. The van der Waals surface area contributed by atoms with Gasteiger partial charge in [-0.05, 0) is 66.8 Å². The summed E-state index contributed by atoms with van der Waals surface area (Å²) in [4.78, 5) is 9.22. The fourth-order valence-electron chi connectivity index (χ4n) is 3.57. The van der Waals surface area contributed by atoms with Crippen LogP contribution >= 0.6 is 0 Å². The van der Waals surface area contributed by atoms with Gasteiger partial charge in [-0.1, -0.05) is 0 Å². The average Bonchev–Trinajstić information content (AvgIpc) is 2.54. The number of likely N-dealkylation sites (N-methyl/N-ethyl adjacent to an activating group) is 1. The molecule has 2 heterocycles. The van der Waals surface area contributed by atoms with Crippen molar-refractivity contribution in [2.45, 2.75) is 63.6 Å². The van der Waals surface area contributed by atoms with Crippen LogP contribution in [0.4, 0.5) is 5.82 Å². The van der Waals surface area contributed by atoms with E-state index in [0.717, 1.165) is 25.3 Å². The predicted molar refractivity (Wildman–Crippen MR) is 102 cm³/mol. The van der Waals surface area contributed by atoms with Crippen molar-refractivity contribution in [2.24, 2.45) is 0 Å². The highest BCUT2D eigenvalue weighted by Gasteiger charge is 2.30. The first kappa shape index (κ1) is 20.1. The van der Waals surface area contributed by atoms with Gasteiger partial charge in [0.1, 0.15) is 10.7 Å². The van der Waals surface area contributed by atoms with E-state index in [1.54, 1.807) is 6.07 Å². The number of rotatable bonds is 6. The molecule has 1 aromatic rings. The monoisotopic (exact) mass is 368 g/mol. The molecule has 0 amide bonds. The third kappa shape index (κ3) is 4.51. The predicted octanol–water partition coefficient (Wildman–Crippen LogP) is 2.42. The molecule has 142 valence electrons. The van der Waals surface area contributed by atoms with Gasteiger partial charge >= 0.3 is 0 Å². The molecular formula is C18H32N4O2S. The Morgan fingerprint density at radius 1 is 1.16 bits per heavy atom. The highest BCUT2D eigenvalue weighted by Crippen LogP contribution is 2.24. The zero-order valence-corrected chi connectivity index (χ0v) is 17.1. The van der Waals surface area contributed by atoms with E-state index in [1.807, 2.05) is 33.8 Å². The summed E-state index contributed by atoms with van der Waals surface area (Å²) in [7, 11) is 0.675. The van der Waals surface area contributed by atoms with E-state index < -0.39 is 10.0 Å². The summed E-state index contributed by atoms with van der Waals surface area (Å²) in [6.07, 6.45) is 3.81. The minimum absolute atomic E-state index is 0.0902.